The van der Waals surface area contributed by atoms with Gasteiger partial charge in [0.1, 0.15) is 5.76 Å². The fourth-order valence-electron chi connectivity index (χ4n) is 3.35. The zero-order chi connectivity index (χ0) is 19.1. The Balaban J connectivity index is 1.79. The van der Waals surface area contributed by atoms with Gasteiger partial charge in [-0.05, 0) is 33.6 Å². The van der Waals surface area contributed by atoms with Crippen LogP contribution in [0.5, 0.6) is 0 Å². The number of aryl methyl sites for hydroxylation is 2. The third kappa shape index (κ3) is 5.12. The number of hydrogen-bond donors (Lipinski definition) is 2. The highest BCUT2D eigenvalue weighted by Crippen LogP contribution is 2.22. The Morgan fingerprint density at radius 1 is 1.42 bits per heavy atom. The molecule has 1 aliphatic heterocycles. The van der Waals surface area contributed by atoms with Gasteiger partial charge in [-0.3, -0.25) is 4.99 Å². The van der Waals surface area contributed by atoms with Crippen molar-refractivity contribution in [1.82, 2.24) is 20.7 Å². The predicted molar refractivity (Wildman–Crippen MR) is 101 cm³/mol. The van der Waals surface area contributed by atoms with Crippen molar-refractivity contribution < 1.29 is 14.1 Å². The zero-order valence-corrected chi connectivity index (χ0v) is 16.5. The molecule has 146 valence electrons. The van der Waals surface area contributed by atoms with E-state index in [1.807, 2.05) is 20.8 Å². The van der Waals surface area contributed by atoms with Crippen LogP contribution in [-0.4, -0.2) is 61.4 Å². The van der Waals surface area contributed by atoms with E-state index in [0.29, 0.717) is 25.7 Å². The van der Waals surface area contributed by atoms with Crippen molar-refractivity contribution in [2.45, 2.75) is 52.5 Å². The first kappa shape index (κ1) is 20.1. The van der Waals surface area contributed by atoms with Gasteiger partial charge in [0.2, 0.25) is 0 Å². The van der Waals surface area contributed by atoms with Gasteiger partial charge in [0.25, 0.3) is 0 Å². The number of ether oxygens (including phenoxy) is 1. The third-order valence-electron chi connectivity index (χ3n) is 4.74. The molecule has 1 aromatic rings. The minimum atomic E-state index is -0.221. The van der Waals surface area contributed by atoms with Crippen LogP contribution in [0.2, 0.25) is 0 Å². The molecule has 1 amide bonds. The van der Waals surface area contributed by atoms with Gasteiger partial charge in [0.05, 0.1) is 12.3 Å². The van der Waals surface area contributed by atoms with Gasteiger partial charge >= 0.3 is 6.09 Å². The van der Waals surface area contributed by atoms with E-state index >= 15 is 0 Å². The van der Waals surface area contributed by atoms with Crippen LogP contribution in [0.4, 0.5) is 4.79 Å². The van der Waals surface area contributed by atoms with Gasteiger partial charge in [0, 0.05) is 44.2 Å². The molecule has 0 saturated carbocycles. The van der Waals surface area contributed by atoms with E-state index in [1.165, 1.54) is 0 Å². The number of amides is 1. The first-order chi connectivity index (χ1) is 12.5. The number of carbonyl (C=O) groups excluding carboxylic acids is 1. The maximum Gasteiger partial charge on any atom is 0.409 e. The molecule has 0 aromatic carbocycles. The molecule has 2 rings (SSSR count). The lowest BCUT2D eigenvalue weighted by Crippen LogP contribution is -2.50. The van der Waals surface area contributed by atoms with Crippen LogP contribution in [-0.2, 0) is 4.74 Å². The Hall–Kier alpha value is -2.25. The fourth-order valence-corrected chi connectivity index (χ4v) is 3.35. The number of likely N-dealkylation sites (tertiary alicyclic amines) is 1. The lowest BCUT2D eigenvalue weighted by atomic mass is 9.99. The Labute approximate surface area is 155 Å². The molecular weight excluding hydrogens is 334 g/mol. The number of nitrogens with one attached hydrogen (secondary N) is 2. The molecule has 1 fully saturated rings. The van der Waals surface area contributed by atoms with Crippen molar-refractivity contribution in [3.63, 3.8) is 0 Å². The molecule has 2 N–H and O–H groups in total. The average Bonchev–Trinajstić information content (AvgIpc) is 2.97. The number of hydrogen-bond acceptors (Lipinski definition) is 5. The van der Waals surface area contributed by atoms with Gasteiger partial charge in [-0.1, -0.05) is 12.1 Å². The number of piperidine rings is 1. The Kier molecular flexibility index (Phi) is 7.29. The number of aliphatic imine (C=N–C) groups is 1. The second-order valence-corrected chi connectivity index (χ2v) is 6.70. The number of guanidine groups is 1. The summed E-state index contributed by atoms with van der Waals surface area (Å²) in [7, 11) is 1.77. The minimum Gasteiger partial charge on any atom is -0.450 e. The zero-order valence-electron chi connectivity index (χ0n) is 16.5. The van der Waals surface area contributed by atoms with Crippen LogP contribution in [0, 0.1) is 13.8 Å². The maximum atomic E-state index is 11.8. The fraction of sp³-hybridized carbons (Fsp3) is 0.722. The van der Waals surface area contributed by atoms with Crippen LogP contribution in [0.15, 0.2) is 9.52 Å². The van der Waals surface area contributed by atoms with E-state index in [1.54, 1.807) is 11.9 Å². The van der Waals surface area contributed by atoms with Crippen LogP contribution >= 0.6 is 0 Å². The number of rotatable bonds is 5. The molecule has 0 bridgehead atoms. The van der Waals surface area contributed by atoms with Crippen molar-refractivity contribution in [3.05, 3.63) is 17.0 Å². The molecule has 1 unspecified atom stereocenters. The minimum absolute atomic E-state index is 0.221. The monoisotopic (exact) mass is 365 g/mol. The summed E-state index contributed by atoms with van der Waals surface area (Å²) in [5.41, 5.74) is 2.08. The topological polar surface area (TPSA) is 92.0 Å². The highest BCUT2D eigenvalue weighted by atomic mass is 16.6. The number of carbonyl (C=O) groups is 1. The van der Waals surface area contributed by atoms with E-state index < -0.39 is 0 Å². The molecule has 0 aliphatic carbocycles. The van der Waals surface area contributed by atoms with E-state index in [2.05, 4.69) is 27.7 Å². The second kappa shape index (κ2) is 9.45. The molecule has 1 aromatic heterocycles. The summed E-state index contributed by atoms with van der Waals surface area (Å²) in [4.78, 5) is 17.8. The second-order valence-electron chi connectivity index (χ2n) is 6.70. The lowest BCUT2D eigenvalue weighted by molar-refractivity contribution is 0.0963. The molecule has 0 radical (unpaired) electrons. The van der Waals surface area contributed by atoms with Crippen molar-refractivity contribution in [1.29, 1.82) is 0 Å². The maximum absolute atomic E-state index is 11.8. The van der Waals surface area contributed by atoms with E-state index in [-0.39, 0.29) is 12.0 Å². The van der Waals surface area contributed by atoms with Gasteiger partial charge in [-0.15, -0.1) is 0 Å². The molecule has 2 heterocycles. The normalized spacial score (nSPS) is 17.1. The molecule has 8 nitrogen and oxygen atoms in total. The summed E-state index contributed by atoms with van der Waals surface area (Å²) >= 11 is 0. The summed E-state index contributed by atoms with van der Waals surface area (Å²) in [5.74, 6) is 1.91. The largest absolute Gasteiger partial charge is 0.450 e. The van der Waals surface area contributed by atoms with Crippen molar-refractivity contribution in [2.75, 3.05) is 33.3 Å². The summed E-state index contributed by atoms with van der Waals surface area (Å²) in [5, 5.41) is 10.8. The molecule has 0 spiro atoms. The SMILES string of the molecule is CCOC(=O)N1CCC(NC(=NC)NCC(C)c2c(C)noc2C)CC1. The van der Waals surface area contributed by atoms with Crippen LogP contribution in [0.3, 0.4) is 0 Å². The van der Waals surface area contributed by atoms with Crippen molar-refractivity contribution in [3.8, 4) is 0 Å². The first-order valence-electron chi connectivity index (χ1n) is 9.27. The van der Waals surface area contributed by atoms with Crippen LogP contribution < -0.4 is 10.6 Å². The number of nitrogens with zero attached hydrogens (tertiary/aromatic N) is 3. The van der Waals surface area contributed by atoms with E-state index in [0.717, 1.165) is 42.4 Å². The lowest BCUT2D eigenvalue weighted by Gasteiger charge is -2.32. The predicted octanol–water partition coefficient (Wildman–Crippen LogP) is 2.18. The van der Waals surface area contributed by atoms with Crippen molar-refractivity contribution in [2.24, 2.45) is 4.99 Å². The van der Waals surface area contributed by atoms with E-state index in [4.69, 9.17) is 9.26 Å². The number of aromatic nitrogens is 1. The van der Waals surface area contributed by atoms with Crippen LogP contribution in [0.1, 0.15) is 49.6 Å². The molecule has 1 aliphatic rings. The smallest absolute Gasteiger partial charge is 0.409 e. The Morgan fingerprint density at radius 3 is 2.65 bits per heavy atom. The van der Waals surface area contributed by atoms with E-state index in [9.17, 15) is 4.79 Å². The first-order valence-corrected chi connectivity index (χ1v) is 9.27. The van der Waals surface area contributed by atoms with Crippen LogP contribution in [0.25, 0.3) is 0 Å². The Morgan fingerprint density at radius 2 is 2.12 bits per heavy atom. The van der Waals surface area contributed by atoms with Gasteiger partial charge in [0.15, 0.2) is 5.96 Å². The molecule has 1 atom stereocenters. The summed E-state index contributed by atoms with van der Waals surface area (Å²) in [6.45, 7) is 10.4. The van der Waals surface area contributed by atoms with Gasteiger partial charge < -0.3 is 24.8 Å². The third-order valence-corrected chi connectivity index (χ3v) is 4.74. The summed E-state index contributed by atoms with van der Waals surface area (Å²) in [6.07, 6.45) is 1.53. The van der Waals surface area contributed by atoms with Gasteiger partial charge in [-0.25, -0.2) is 4.79 Å². The molecule has 26 heavy (non-hydrogen) atoms. The molecule has 8 heteroatoms. The average molecular weight is 365 g/mol. The highest BCUT2D eigenvalue weighted by molar-refractivity contribution is 5.80. The molecular formula is C18H31N5O3. The molecule has 1 saturated heterocycles. The standard InChI is InChI=1S/C18H31N5O3/c1-6-25-18(24)23-9-7-15(8-10-23)21-17(19-5)20-11-12(2)16-13(3)22-26-14(16)4/h12,15H,6-11H2,1-5H3,(H2,19,20,21). The Bertz CT molecular complexity index is 601. The highest BCUT2D eigenvalue weighted by Gasteiger charge is 2.24. The van der Waals surface area contributed by atoms with Gasteiger partial charge in [-0.2, -0.15) is 0 Å². The van der Waals surface area contributed by atoms with Crippen molar-refractivity contribution >= 4 is 12.1 Å². The quantitative estimate of drug-likeness (QED) is 0.614. The summed E-state index contributed by atoms with van der Waals surface area (Å²) in [6, 6.07) is 0.293. The summed E-state index contributed by atoms with van der Waals surface area (Å²) < 4.78 is 10.3.